The maximum atomic E-state index is 14.3. The zero-order chi connectivity index (χ0) is 17.1. The molecule has 5 heteroatoms. The first-order chi connectivity index (χ1) is 11.6. The molecule has 1 aliphatic heterocycles. The van der Waals surface area contributed by atoms with Gasteiger partial charge in [0.2, 0.25) is 11.8 Å². The quantitative estimate of drug-likeness (QED) is 0.940. The molecule has 0 spiro atoms. The summed E-state index contributed by atoms with van der Waals surface area (Å²) in [5, 5.41) is 2.87. The summed E-state index contributed by atoms with van der Waals surface area (Å²) in [6, 6.07) is 14.8. The van der Waals surface area contributed by atoms with Crippen LogP contribution >= 0.6 is 0 Å². The highest BCUT2D eigenvalue weighted by Crippen LogP contribution is 2.37. The van der Waals surface area contributed by atoms with Crippen LogP contribution in [0.5, 0.6) is 0 Å². The third kappa shape index (κ3) is 3.15. The highest BCUT2D eigenvalue weighted by atomic mass is 19.1. The Balaban J connectivity index is 1.91. The summed E-state index contributed by atoms with van der Waals surface area (Å²) in [6.45, 7) is 0. The molecule has 0 aromatic heterocycles. The van der Waals surface area contributed by atoms with E-state index in [1.54, 1.807) is 37.4 Å². The Hall–Kier alpha value is -2.69. The van der Waals surface area contributed by atoms with Crippen LogP contribution in [0, 0.1) is 11.7 Å². The highest BCUT2D eigenvalue weighted by molar-refractivity contribution is 5.94. The van der Waals surface area contributed by atoms with E-state index in [-0.39, 0.29) is 18.2 Å². The van der Waals surface area contributed by atoms with Gasteiger partial charge in [-0.05, 0) is 24.6 Å². The first-order valence-corrected chi connectivity index (χ1v) is 7.94. The second-order valence-corrected chi connectivity index (χ2v) is 5.97. The summed E-state index contributed by atoms with van der Waals surface area (Å²) in [7, 11) is 1.63. The zero-order valence-corrected chi connectivity index (χ0v) is 13.4. The fourth-order valence-electron chi connectivity index (χ4n) is 3.21. The summed E-state index contributed by atoms with van der Waals surface area (Å²) >= 11 is 0. The molecule has 124 valence electrons. The van der Waals surface area contributed by atoms with E-state index in [4.69, 9.17) is 0 Å². The van der Waals surface area contributed by atoms with E-state index >= 15 is 0 Å². The average Bonchev–Trinajstić information content (AvgIpc) is 2.59. The Morgan fingerprint density at radius 3 is 2.50 bits per heavy atom. The smallest absolute Gasteiger partial charge is 0.229 e. The van der Waals surface area contributed by atoms with Gasteiger partial charge in [0.1, 0.15) is 5.82 Å². The average molecular weight is 326 g/mol. The summed E-state index contributed by atoms with van der Waals surface area (Å²) in [6.07, 6.45) is 0.690. The number of nitrogens with one attached hydrogen (secondary N) is 1. The van der Waals surface area contributed by atoms with Crippen LogP contribution in [0.15, 0.2) is 54.6 Å². The first kappa shape index (κ1) is 16.2. The molecule has 2 amide bonds. The number of anilines is 1. The molecule has 1 heterocycles. The van der Waals surface area contributed by atoms with Crippen molar-refractivity contribution in [3.8, 4) is 0 Å². The maximum Gasteiger partial charge on any atom is 0.229 e. The number of carbonyl (C=O) groups excluding carboxylic acids is 2. The number of nitrogens with zero attached hydrogens (tertiary/aromatic N) is 1. The van der Waals surface area contributed by atoms with Crippen LogP contribution in [0.2, 0.25) is 0 Å². The summed E-state index contributed by atoms with van der Waals surface area (Å²) < 4.78 is 14.3. The summed E-state index contributed by atoms with van der Waals surface area (Å²) in [5.74, 6) is -1.17. The van der Waals surface area contributed by atoms with Gasteiger partial charge in [0.05, 0.1) is 12.0 Å². The number of amides is 2. The van der Waals surface area contributed by atoms with Crippen molar-refractivity contribution < 1.29 is 14.0 Å². The van der Waals surface area contributed by atoms with Gasteiger partial charge >= 0.3 is 0 Å². The second-order valence-electron chi connectivity index (χ2n) is 5.97. The van der Waals surface area contributed by atoms with Gasteiger partial charge < -0.3 is 10.2 Å². The van der Waals surface area contributed by atoms with Gasteiger partial charge in [-0.2, -0.15) is 0 Å². The molecule has 1 fully saturated rings. The predicted octanol–water partition coefficient (Wildman–Crippen LogP) is 3.37. The summed E-state index contributed by atoms with van der Waals surface area (Å²) in [4.78, 5) is 26.3. The lowest BCUT2D eigenvalue weighted by molar-refractivity contribution is -0.140. The SMILES string of the molecule is CN1C(=O)CC[C@H](C(=O)Nc2ccccc2)[C@@H]1c1ccccc1F. The lowest BCUT2D eigenvalue weighted by Gasteiger charge is -2.38. The van der Waals surface area contributed by atoms with Crippen molar-refractivity contribution in [3.63, 3.8) is 0 Å². The van der Waals surface area contributed by atoms with Gasteiger partial charge in [-0.3, -0.25) is 9.59 Å². The van der Waals surface area contributed by atoms with Crippen LogP contribution < -0.4 is 5.32 Å². The van der Waals surface area contributed by atoms with Gasteiger partial charge in [0.15, 0.2) is 0 Å². The van der Waals surface area contributed by atoms with Crippen molar-refractivity contribution in [2.24, 2.45) is 5.92 Å². The van der Waals surface area contributed by atoms with Gasteiger partial charge in [-0.1, -0.05) is 36.4 Å². The van der Waals surface area contributed by atoms with Crippen LogP contribution in [0.4, 0.5) is 10.1 Å². The minimum Gasteiger partial charge on any atom is -0.338 e. The molecule has 2 aromatic carbocycles. The third-order valence-electron chi connectivity index (χ3n) is 4.46. The van der Waals surface area contributed by atoms with Crippen molar-refractivity contribution in [3.05, 3.63) is 66.0 Å². The van der Waals surface area contributed by atoms with Crippen molar-refractivity contribution in [2.75, 3.05) is 12.4 Å². The molecule has 0 aliphatic carbocycles. The number of halogens is 1. The standard InChI is InChI=1S/C19H19FN2O2/c1-22-17(23)12-11-15(18(22)14-9-5-6-10-16(14)20)19(24)21-13-7-3-2-4-8-13/h2-10,15,18H,11-12H2,1H3,(H,21,24)/t15-,18-/m0/s1. The van der Waals surface area contributed by atoms with E-state index in [9.17, 15) is 14.0 Å². The number of hydrogen-bond donors (Lipinski definition) is 1. The van der Waals surface area contributed by atoms with Crippen LogP contribution in [0.1, 0.15) is 24.4 Å². The van der Waals surface area contributed by atoms with Crippen LogP contribution in [-0.4, -0.2) is 23.8 Å². The number of hydrogen-bond acceptors (Lipinski definition) is 2. The van der Waals surface area contributed by atoms with E-state index in [0.29, 0.717) is 17.7 Å². The lowest BCUT2D eigenvalue weighted by atomic mass is 9.83. The molecule has 3 rings (SSSR count). The van der Waals surface area contributed by atoms with E-state index in [0.717, 1.165) is 0 Å². The Morgan fingerprint density at radius 2 is 1.79 bits per heavy atom. The number of rotatable bonds is 3. The number of para-hydroxylation sites is 1. The molecule has 1 saturated heterocycles. The molecule has 24 heavy (non-hydrogen) atoms. The molecule has 0 radical (unpaired) electrons. The molecule has 2 aromatic rings. The van der Waals surface area contributed by atoms with Crippen LogP contribution in [0.3, 0.4) is 0 Å². The molecule has 0 bridgehead atoms. The van der Waals surface area contributed by atoms with Crippen molar-refractivity contribution >= 4 is 17.5 Å². The molecule has 0 unspecified atom stereocenters. The normalized spacial score (nSPS) is 20.8. The second kappa shape index (κ2) is 6.83. The molecular weight excluding hydrogens is 307 g/mol. The largest absolute Gasteiger partial charge is 0.338 e. The van der Waals surface area contributed by atoms with E-state index < -0.39 is 17.8 Å². The topological polar surface area (TPSA) is 49.4 Å². The molecule has 1 N–H and O–H groups in total. The molecule has 2 atom stereocenters. The predicted molar refractivity (Wildman–Crippen MR) is 89.7 cm³/mol. The number of benzene rings is 2. The van der Waals surface area contributed by atoms with Crippen molar-refractivity contribution in [1.82, 2.24) is 4.90 Å². The minimum absolute atomic E-state index is 0.0768. The molecule has 4 nitrogen and oxygen atoms in total. The van der Waals surface area contributed by atoms with Crippen LogP contribution in [0.25, 0.3) is 0 Å². The lowest BCUT2D eigenvalue weighted by Crippen LogP contribution is -2.44. The number of likely N-dealkylation sites (tertiary alicyclic amines) is 1. The van der Waals surface area contributed by atoms with E-state index in [2.05, 4.69) is 5.32 Å². The van der Waals surface area contributed by atoms with Gasteiger partial charge in [-0.25, -0.2) is 4.39 Å². The Labute approximate surface area is 140 Å². The van der Waals surface area contributed by atoms with Crippen molar-refractivity contribution in [1.29, 1.82) is 0 Å². The summed E-state index contributed by atoms with van der Waals surface area (Å²) in [5.41, 5.74) is 1.07. The monoisotopic (exact) mass is 326 g/mol. The minimum atomic E-state index is -0.601. The third-order valence-corrected chi connectivity index (χ3v) is 4.46. The van der Waals surface area contributed by atoms with Crippen molar-refractivity contribution in [2.45, 2.75) is 18.9 Å². The Morgan fingerprint density at radius 1 is 1.12 bits per heavy atom. The van der Waals surface area contributed by atoms with E-state index in [1.165, 1.54) is 11.0 Å². The van der Waals surface area contributed by atoms with E-state index in [1.807, 2.05) is 18.2 Å². The number of carbonyl (C=O) groups is 2. The van der Waals surface area contributed by atoms with Gasteiger partial charge in [-0.15, -0.1) is 0 Å². The highest BCUT2D eigenvalue weighted by Gasteiger charge is 2.39. The van der Waals surface area contributed by atoms with Gasteiger partial charge in [0, 0.05) is 24.7 Å². The molecule has 0 saturated carbocycles. The maximum absolute atomic E-state index is 14.3. The zero-order valence-electron chi connectivity index (χ0n) is 13.4. The van der Waals surface area contributed by atoms with Crippen LogP contribution in [-0.2, 0) is 9.59 Å². The molecule has 1 aliphatic rings. The fraction of sp³-hybridized carbons (Fsp3) is 0.263. The Kier molecular flexibility index (Phi) is 4.60. The van der Waals surface area contributed by atoms with Gasteiger partial charge in [0.25, 0.3) is 0 Å². The molecular formula is C19H19FN2O2. The first-order valence-electron chi connectivity index (χ1n) is 7.94. The fourth-order valence-corrected chi connectivity index (χ4v) is 3.21. The Bertz CT molecular complexity index is 748. The number of piperidine rings is 1.